The highest BCUT2D eigenvalue weighted by Crippen LogP contribution is 2.37. The zero-order chi connectivity index (χ0) is 14.1. The Morgan fingerprint density at radius 3 is 2.33 bits per heavy atom. The largest absolute Gasteiger partial charge is 0.417 e. The third kappa shape index (κ3) is 2.22. The van der Waals surface area contributed by atoms with Gasteiger partial charge in [0.2, 0.25) is 0 Å². The number of hydrogen-bond donors (Lipinski definition) is 1. The van der Waals surface area contributed by atoms with E-state index in [1.54, 1.807) is 0 Å². The molecule has 94 valence electrons. The quantitative estimate of drug-likeness (QED) is 0.642. The van der Waals surface area contributed by atoms with E-state index in [0.717, 1.165) is 6.07 Å². The number of amides is 1. The SMILES string of the molecule is N#Cc1c(C(F)(F)F)ccc(C(N)=O)c1[N+](=O)[O-]. The normalized spacial score (nSPS) is 10.8. The van der Waals surface area contributed by atoms with Gasteiger partial charge in [0.15, 0.2) is 0 Å². The molecule has 1 aromatic carbocycles. The maximum atomic E-state index is 12.5. The van der Waals surface area contributed by atoms with Crippen LogP contribution in [0.5, 0.6) is 0 Å². The summed E-state index contributed by atoms with van der Waals surface area (Å²) in [4.78, 5) is 20.3. The van der Waals surface area contributed by atoms with Crippen molar-refractivity contribution in [2.75, 3.05) is 0 Å². The number of nitro benzene ring substituents is 1. The van der Waals surface area contributed by atoms with Gasteiger partial charge in [0, 0.05) is 0 Å². The summed E-state index contributed by atoms with van der Waals surface area (Å²) in [5.41, 5.74) is 0.102. The third-order valence-electron chi connectivity index (χ3n) is 2.04. The number of benzene rings is 1. The monoisotopic (exact) mass is 259 g/mol. The minimum absolute atomic E-state index is 0.408. The number of nitrogens with two attached hydrogens (primary N) is 1. The molecular formula is C9H4F3N3O3. The van der Waals surface area contributed by atoms with Crippen molar-refractivity contribution in [1.29, 1.82) is 5.26 Å². The first-order chi connectivity index (χ1) is 8.20. The molecule has 0 heterocycles. The van der Waals surface area contributed by atoms with Crippen molar-refractivity contribution in [3.63, 3.8) is 0 Å². The van der Waals surface area contributed by atoms with Crippen LogP contribution in [-0.4, -0.2) is 10.8 Å². The van der Waals surface area contributed by atoms with Crippen molar-refractivity contribution in [2.45, 2.75) is 6.18 Å². The number of alkyl halides is 3. The Kier molecular flexibility index (Phi) is 3.23. The summed E-state index contributed by atoms with van der Waals surface area (Å²) in [6.45, 7) is 0. The van der Waals surface area contributed by atoms with Gasteiger partial charge in [-0.05, 0) is 12.1 Å². The number of primary amides is 1. The fourth-order valence-corrected chi connectivity index (χ4v) is 1.33. The van der Waals surface area contributed by atoms with Crippen LogP contribution in [0.2, 0.25) is 0 Å². The summed E-state index contributed by atoms with van der Waals surface area (Å²) in [7, 11) is 0. The Bertz CT molecular complexity index is 575. The average molecular weight is 259 g/mol. The Morgan fingerprint density at radius 1 is 1.44 bits per heavy atom. The van der Waals surface area contributed by atoms with Crippen LogP contribution in [0, 0.1) is 21.4 Å². The van der Waals surface area contributed by atoms with Gasteiger partial charge in [0.1, 0.15) is 17.2 Å². The lowest BCUT2D eigenvalue weighted by Gasteiger charge is -2.09. The number of halogens is 3. The molecule has 0 aromatic heterocycles. The fraction of sp³-hybridized carbons (Fsp3) is 0.111. The minimum Gasteiger partial charge on any atom is -0.365 e. The molecule has 0 saturated carbocycles. The molecule has 6 nitrogen and oxygen atoms in total. The zero-order valence-corrected chi connectivity index (χ0v) is 8.49. The second kappa shape index (κ2) is 4.33. The lowest BCUT2D eigenvalue weighted by atomic mass is 10.0. The molecule has 1 aromatic rings. The van der Waals surface area contributed by atoms with Crippen LogP contribution in [-0.2, 0) is 6.18 Å². The number of nitro groups is 1. The van der Waals surface area contributed by atoms with Crippen molar-refractivity contribution >= 4 is 11.6 Å². The second-order valence-electron chi connectivity index (χ2n) is 3.12. The van der Waals surface area contributed by atoms with Crippen LogP contribution in [0.25, 0.3) is 0 Å². The molecule has 0 saturated heterocycles. The summed E-state index contributed by atoms with van der Waals surface area (Å²) in [6, 6.07) is 2.06. The molecular weight excluding hydrogens is 255 g/mol. The first kappa shape index (κ1) is 13.4. The standard InChI is InChI=1S/C9H4F3N3O3/c10-9(11,12)6-2-1-4(8(14)16)7(15(17)18)5(6)3-13/h1-2H,(H2,14,16). The second-order valence-corrected chi connectivity index (χ2v) is 3.12. The fourth-order valence-electron chi connectivity index (χ4n) is 1.33. The van der Waals surface area contributed by atoms with Crippen LogP contribution in [0.3, 0.4) is 0 Å². The molecule has 2 N–H and O–H groups in total. The first-order valence-electron chi connectivity index (χ1n) is 4.28. The average Bonchev–Trinajstić information content (AvgIpc) is 2.25. The zero-order valence-electron chi connectivity index (χ0n) is 8.49. The Labute approximate surface area is 97.6 Å². The molecule has 0 aliphatic heterocycles. The predicted molar refractivity (Wildman–Crippen MR) is 51.3 cm³/mol. The molecule has 18 heavy (non-hydrogen) atoms. The van der Waals surface area contributed by atoms with Crippen molar-refractivity contribution in [2.24, 2.45) is 5.73 Å². The number of rotatable bonds is 2. The molecule has 0 fully saturated rings. The summed E-state index contributed by atoms with van der Waals surface area (Å²) in [5.74, 6) is -1.29. The number of carbonyl (C=O) groups excluding carboxylic acids is 1. The van der Waals surface area contributed by atoms with Crippen molar-refractivity contribution in [1.82, 2.24) is 0 Å². The van der Waals surface area contributed by atoms with E-state index in [1.807, 2.05) is 0 Å². The van der Waals surface area contributed by atoms with E-state index in [-0.39, 0.29) is 0 Å². The molecule has 0 atom stereocenters. The van der Waals surface area contributed by atoms with Crippen LogP contribution in [0.1, 0.15) is 21.5 Å². The number of nitrogens with zero attached hydrogens (tertiary/aromatic N) is 2. The summed E-state index contributed by atoms with van der Waals surface area (Å²) in [5, 5.41) is 19.3. The lowest BCUT2D eigenvalue weighted by Crippen LogP contribution is -2.17. The number of hydrogen-bond acceptors (Lipinski definition) is 4. The van der Waals surface area contributed by atoms with Crippen LogP contribution in [0.4, 0.5) is 18.9 Å². The lowest BCUT2D eigenvalue weighted by molar-refractivity contribution is -0.385. The summed E-state index contributed by atoms with van der Waals surface area (Å²) in [6.07, 6.45) is -4.94. The smallest absolute Gasteiger partial charge is 0.365 e. The van der Waals surface area contributed by atoms with E-state index in [9.17, 15) is 28.1 Å². The van der Waals surface area contributed by atoms with E-state index in [2.05, 4.69) is 0 Å². The van der Waals surface area contributed by atoms with Gasteiger partial charge in [-0.15, -0.1) is 0 Å². The van der Waals surface area contributed by atoms with Gasteiger partial charge >= 0.3 is 6.18 Å². The highest BCUT2D eigenvalue weighted by Gasteiger charge is 2.39. The Hall–Kier alpha value is -2.63. The predicted octanol–water partition coefficient (Wildman–Crippen LogP) is 1.58. The number of nitriles is 1. The van der Waals surface area contributed by atoms with E-state index in [4.69, 9.17) is 11.0 Å². The van der Waals surface area contributed by atoms with Gasteiger partial charge in [-0.25, -0.2) is 0 Å². The molecule has 0 spiro atoms. The van der Waals surface area contributed by atoms with E-state index in [0.29, 0.717) is 12.1 Å². The van der Waals surface area contributed by atoms with Crippen LogP contribution in [0.15, 0.2) is 12.1 Å². The van der Waals surface area contributed by atoms with Crippen molar-refractivity contribution in [3.8, 4) is 6.07 Å². The molecule has 9 heteroatoms. The highest BCUT2D eigenvalue weighted by molar-refractivity contribution is 5.98. The van der Waals surface area contributed by atoms with Crippen molar-refractivity contribution < 1.29 is 22.9 Å². The Morgan fingerprint density at radius 2 is 2.00 bits per heavy atom. The van der Waals surface area contributed by atoms with E-state index < -0.39 is 39.4 Å². The van der Waals surface area contributed by atoms with Crippen LogP contribution >= 0.6 is 0 Å². The molecule has 0 aliphatic rings. The molecule has 0 bridgehead atoms. The molecule has 0 unspecified atom stereocenters. The van der Waals surface area contributed by atoms with Crippen LogP contribution < -0.4 is 5.73 Å². The van der Waals surface area contributed by atoms with Gasteiger partial charge in [-0.1, -0.05) is 0 Å². The third-order valence-corrected chi connectivity index (χ3v) is 2.04. The van der Waals surface area contributed by atoms with Gasteiger partial charge in [0.05, 0.1) is 10.5 Å². The van der Waals surface area contributed by atoms with E-state index >= 15 is 0 Å². The van der Waals surface area contributed by atoms with E-state index in [1.165, 1.54) is 0 Å². The minimum atomic E-state index is -4.94. The van der Waals surface area contributed by atoms with Gasteiger partial charge in [-0.2, -0.15) is 18.4 Å². The van der Waals surface area contributed by atoms with Crippen molar-refractivity contribution in [3.05, 3.63) is 38.9 Å². The van der Waals surface area contributed by atoms with Gasteiger partial charge in [0.25, 0.3) is 11.6 Å². The summed E-state index contributed by atoms with van der Waals surface area (Å²) < 4.78 is 37.6. The first-order valence-corrected chi connectivity index (χ1v) is 4.28. The maximum absolute atomic E-state index is 12.5. The topological polar surface area (TPSA) is 110 Å². The molecule has 0 radical (unpaired) electrons. The van der Waals surface area contributed by atoms with Gasteiger partial charge in [-0.3, -0.25) is 14.9 Å². The number of carbonyl (C=O) groups is 1. The molecule has 0 aliphatic carbocycles. The maximum Gasteiger partial charge on any atom is 0.417 e. The summed E-state index contributed by atoms with van der Waals surface area (Å²) >= 11 is 0. The highest BCUT2D eigenvalue weighted by atomic mass is 19.4. The molecule has 1 rings (SSSR count). The van der Waals surface area contributed by atoms with Gasteiger partial charge < -0.3 is 5.73 Å². The molecule has 1 amide bonds. The Balaban J connectivity index is 3.77.